The first-order valence-electron chi connectivity index (χ1n) is 13.2. The van der Waals surface area contributed by atoms with Crippen LogP contribution < -0.4 is 0 Å². The lowest BCUT2D eigenvalue weighted by molar-refractivity contribution is -0.0571. The molecule has 1 nitrogen and oxygen atoms in total. The molecule has 1 N–H and O–H groups in total. The van der Waals surface area contributed by atoms with Crippen molar-refractivity contribution in [3.05, 3.63) is 23.3 Å². The molecule has 0 radical (unpaired) electrons. The van der Waals surface area contributed by atoms with Gasteiger partial charge >= 0.3 is 0 Å². The highest BCUT2D eigenvalue weighted by Crippen LogP contribution is 2.67. The molecule has 0 aliphatic heterocycles. The quantitative estimate of drug-likeness (QED) is 0.454. The van der Waals surface area contributed by atoms with E-state index >= 15 is 0 Å². The number of hydrogen-bond acceptors (Lipinski definition) is 1. The fourth-order valence-corrected chi connectivity index (χ4v) is 8.98. The number of fused-ring (bicyclic) bond motifs is 5. The van der Waals surface area contributed by atoms with Crippen molar-refractivity contribution >= 4 is 0 Å². The summed E-state index contributed by atoms with van der Waals surface area (Å²) < 4.78 is 0. The van der Waals surface area contributed by atoms with E-state index in [1.807, 2.05) is 0 Å². The highest BCUT2D eigenvalue weighted by atomic mass is 16.3. The van der Waals surface area contributed by atoms with Crippen molar-refractivity contribution in [1.82, 2.24) is 0 Å². The summed E-state index contributed by atoms with van der Waals surface area (Å²) in [5, 5.41) is 10.2. The molecule has 170 valence electrons. The van der Waals surface area contributed by atoms with E-state index in [2.05, 4.69) is 53.7 Å². The lowest BCUT2D eigenvalue weighted by Crippen LogP contribution is -2.50. The van der Waals surface area contributed by atoms with Crippen molar-refractivity contribution in [2.45, 2.75) is 112 Å². The van der Waals surface area contributed by atoms with Gasteiger partial charge in [0.25, 0.3) is 0 Å². The number of aliphatic hydroxyl groups is 1. The van der Waals surface area contributed by atoms with Gasteiger partial charge in [-0.25, -0.2) is 0 Å². The second kappa shape index (κ2) is 8.42. The summed E-state index contributed by atoms with van der Waals surface area (Å²) in [7, 11) is 0. The lowest BCUT2D eigenvalue weighted by atomic mass is 9.47. The molecule has 3 fully saturated rings. The van der Waals surface area contributed by atoms with Crippen molar-refractivity contribution in [2.75, 3.05) is 0 Å². The fourth-order valence-electron chi connectivity index (χ4n) is 8.98. The summed E-state index contributed by atoms with van der Waals surface area (Å²) in [6.07, 6.45) is 17.8. The second-order valence-corrected chi connectivity index (χ2v) is 12.4. The molecule has 0 bridgehead atoms. The molecular formula is C29H48O. The molecule has 4 aliphatic carbocycles. The van der Waals surface area contributed by atoms with E-state index in [0.717, 1.165) is 42.4 Å². The molecule has 0 amide bonds. The average molecular weight is 413 g/mol. The lowest BCUT2D eigenvalue weighted by Gasteiger charge is -2.58. The Morgan fingerprint density at radius 1 is 1.10 bits per heavy atom. The van der Waals surface area contributed by atoms with E-state index in [1.54, 1.807) is 11.1 Å². The maximum atomic E-state index is 10.2. The van der Waals surface area contributed by atoms with Crippen molar-refractivity contribution in [3.63, 3.8) is 0 Å². The van der Waals surface area contributed by atoms with Gasteiger partial charge in [0.05, 0.1) is 6.10 Å². The number of aliphatic hydroxyl groups excluding tert-OH is 1. The van der Waals surface area contributed by atoms with Crippen LogP contribution in [0.15, 0.2) is 23.3 Å². The zero-order valence-corrected chi connectivity index (χ0v) is 20.7. The topological polar surface area (TPSA) is 20.2 Å². The predicted octanol–water partition coefficient (Wildman–Crippen LogP) is 7.94. The Hall–Kier alpha value is -0.560. The van der Waals surface area contributed by atoms with Crippen LogP contribution in [0.3, 0.4) is 0 Å². The molecule has 1 heteroatoms. The molecule has 3 saturated carbocycles. The first-order chi connectivity index (χ1) is 14.2. The van der Waals surface area contributed by atoms with E-state index in [4.69, 9.17) is 0 Å². The SMILES string of the molecule is C/C=C(/CC[C@@H](C)[C@H]1CC[C@H]2[C@@H]3CC=C4CC(O)CC[C@]4(C)[C@H]3CC[C@]12C)C(C)C. The van der Waals surface area contributed by atoms with Crippen LogP contribution >= 0.6 is 0 Å². The van der Waals surface area contributed by atoms with Gasteiger partial charge in [-0.1, -0.05) is 57.9 Å². The highest BCUT2D eigenvalue weighted by Gasteiger charge is 2.59. The van der Waals surface area contributed by atoms with Crippen LogP contribution in [-0.4, -0.2) is 11.2 Å². The summed E-state index contributed by atoms with van der Waals surface area (Å²) in [4.78, 5) is 0. The Morgan fingerprint density at radius 3 is 2.57 bits per heavy atom. The van der Waals surface area contributed by atoms with E-state index in [-0.39, 0.29) is 6.10 Å². The number of rotatable bonds is 5. The summed E-state index contributed by atoms with van der Waals surface area (Å²) in [6, 6.07) is 0. The van der Waals surface area contributed by atoms with Crippen LogP contribution in [0.2, 0.25) is 0 Å². The third-order valence-electron chi connectivity index (χ3n) is 10.8. The molecule has 0 aromatic heterocycles. The fraction of sp³-hybridized carbons (Fsp3) is 0.862. The first kappa shape index (κ1) is 22.6. The minimum absolute atomic E-state index is 0.0839. The van der Waals surface area contributed by atoms with E-state index in [0.29, 0.717) is 16.7 Å². The van der Waals surface area contributed by atoms with Crippen LogP contribution in [0.5, 0.6) is 0 Å². The minimum Gasteiger partial charge on any atom is -0.393 e. The van der Waals surface area contributed by atoms with Crippen molar-refractivity contribution in [1.29, 1.82) is 0 Å². The van der Waals surface area contributed by atoms with Crippen molar-refractivity contribution in [2.24, 2.45) is 46.3 Å². The Labute approximate surface area is 186 Å². The van der Waals surface area contributed by atoms with Gasteiger partial charge < -0.3 is 5.11 Å². The minimum atomic E-state index is -0.0839. The highest BCUT2D eigenvalue weighted by molar-refractivity contribution is 5.25. The first-order valence-corrected chi connectivity index (χ1v) is 13.2. The maximum absolute atomic E-state index is 10.2. The summed E-state index contributed by atoms with van der Waals surface area (Å²) in [6.45, 7) is 14.7. The van der Waals surface area contributed by atoms with Crippen LogP contribution in [0.4, 0.5) is 0 Å². The Kier molecular flexibility index (Phi) is 6.35. The molecule has 0 aromatic rings. The third kappa shape index (κ3) is 3.66. The number of allylic oxidation sites excluding steroid dienone is 3. The van der Waals surface area contributed by atoms with Crippen LogP contribution in [0.1, 0.15) is 106 Å². The third-order valence-corrected chi connectivity index (χ3v) is 10.8. The molecule has 1 unspecified atom stereocenters. The molecule has 8 atom stereocenters. The Balaban J connectivity index is 1.49. The summed E-state index contributed by atoms with van der Waals surface area (Å²) in [5.74, 6) is 5.15. The Bertz CT molecular complexity index is 686. The van der Waals surface area contributed by atoms with Gasteiger partial charge in [-0.15, -0.1) is 0 Å². The van der Waals surface area contributed by atoms with Gasteiger partial charge in [0.15, 0.2) is 0 Å². The standard InChI is InChI=1S/C29H48O/c1-7-21(19(2)3)9-8-20(4)25-12-13-26-24-11-10-22-18-23(30)14-16-28(22,5)27(24)15-17-29(25,26)6/h7,10,19-20,23-27,30H,8-9,11-18H2,1-6H3/b21-7-/t20-,23?,24+,25-,26+,27+,28+,29-/m1/s1. The predicted molar refractivity (Wildman–Crippen MR) is 128 cm³/mol. The number of hydrogen-bond donors (Lipinski definition) is 1. The van der Waals surface area contributed by atoms with Gasteiger partial charge in [0.1, 0.15) is 0 Å². The molecule has 0 saturated heterocycles. The molecule has 30 heavy (non-hydrogen) atoms. The van der Waals surface area contributed by atoms with E-state index in [9.17, 15) is 5.11 Å². The van der Waals surface area contributed by atoms with Crippen LogP contribution in [0, 0.1) is 46.3 Å². The van der Waals surface area contributed by atoms with Gasteiger partial charge in [0.2, 0.25) is 0 Å². The van der Waals surface area contributed by atoms with Gasteiger partial charge in [-0.2, -0.15) is 0 Å². The largest absolute Gasteiger partial charge is 0.393 e. The van der Waals surface area contributed by atoms with Gasteiger partial charge in [-0.05, 0) is 117 Å². The molecular weight excluding hydrogens is 364 g/mol. The van der Waals surface area contributed by atoms with E-state index < -0.39 is 0 Å². The zero-order chi connectivity index (χ0) is 21.7. The molecule has 4 rings (SSSR count). The van der Waals surface area contributed by atoms with Crippen molar-refractivity contribution < 1.29 is 5.11 Å². The molecule has 0 spiro atoms. The smallest absolute Gasteiger partial charge is 0.0577 e. The maximum Gasteiger partial charge on any atom is 0.0577 e. The summed E-state index contributed by atoms with van der Waals surface area (Å²) in [5.41, 5.74) is 4.21. The Morgan fingerprint density at radius 2 is 1.87 bits per heavy atom. The monoisotopic (exact) mass is 412 g/mol. The molecule has 4 aliphatic rings. The molecule has 0 heterocycles. The molecule has 0 aromatic carbocycles. The second-order valence-electron chi connectivity index (χ2n) is 12.4. The van der Waals surface area contributed by atoms with Crippen LogP contribution in [0.25, 0.3) is 0 Å². The zero-order valence-electron chi connectivity index (χ0n) is 20.7. The van der Waals surface area contributed by atoms with Crippen LogP contribution in [-0.2, 0) is 0 Å². The van der Waals surface area contributed by atoms with E-state index in [1.165, 1.54) is 51.4 Å². The summed E-state index contributed by atoms with van der Waals surface area (Å²) >= 11 is 0. The normalized spacial score (nSPS) is 44.9. The van der Waals surface area contributed by atoms with Gasteiger partial charge in [-0.3, -0.25) is 0 Å². The van der Waals surface area contributed by atoms with Gasteiger partial charge in [0, 0.05) is 0 Å². The average Bonchev–Trinajstić information content (AvgIpc) is 3.06. The van der Waals surface area contributed by atoms with Crippen molar-refractivity contribution in [3.8, 4) is 0 Å².